The van der Waals surface area contributed by atoms with Gasteiger partial charge in [-0.25, -0.2) is 8.42 Å². The van der Waals surface area contributed by atoms with Gasteiger partial charge in [0.2, 0.25) is 0 Å². The van der Waals surface area contributed by atoms with Gasteiger partial charge in [0.1, 0.15) is 9.84 Å². The molecule has 0 aliphatic carbocycles. The van der Waals surface area contributed by atoms with Crippen LogP contribution in [0.4, 0.5) is 0 Å². The van der Waals surface area contributed by atoms with E-state index in [9.17, 15) is 8.42 Å². The van der Waals surface area contributed by atoms with Crippen LogP contribution in [0.25, 0.3) is 0 Å². The highest BCUT2D eigenvalue weighted by molar-refractivity contribution is 7.90. The van der Waals surface area contributed by atoms with Gasteiger partial charge >= 0.3 is 0 Å². The van der Waals surface area contributed by atoms with Gasteiger partial charge in [-0.3, -0.25) is 4.99 Å². The number of nitrogens with zero attached hydrogens (tertiary/aromatic N) is 1. The van der Waals surface area contributed by atoms with Crippen LogP contribution in [0, 0.1) is 0 Å². The molecular weight excluding hydrogens is 346 g/mol. The van der Waals surface area contributed by atoms with Crippen molar-refractivity contribution in [3.8, 4) is 0 Å². The van der Waals surface area contributed by atoms with Crippen LogP contribution in [-0.2, 0) is 9.84 Å². The predicted octanol–water partition coefficient (Wildman–Crippen LogP) is 2.42. The molecule has 0 saturated carbocycles. The van der Waals surface area contributed by atoms with Gasteiger partial charge in [-0.05, 0) is 17.5 Å². The first kappa shape index (κ1) is 20.0. The molecule has 0 spiro atoms. The van der Waals surface area contributed by atoms with Crippen LogP contribution >= 0.6 is 0 Å². The summed E-state index contributed by atoms with van der Waals surface area (Å²) >= 11 is 0. The molecule has 0 atom stereocenters. The molecule has 0 aliphatic heterocycles. The van der Waals surface area contributed by atoms with Crippen LogP contribution in [-0.4, -0.2) is 46.5 Å². The highest BCUT2D eigenvalue weighted by Crippen LogP contribution is 2.23. The normalized spacial score (nSPS) is 12.2. The number of nitrogens with one attached hydrogen (secondary N) is 2. The van der Waals surface area contributed by atoms with E-state index in [2.05, 4.69) is 39.9 Å². The molecule has 26 heavy (non-hydrogen) atoms. The summed E-state index contributed by atoms with van der Waals surface area (Å²) < 4.78 is 22.4. The van der Waals surface area contributed by atoms with E-state index >= 15 is 0 Å². The van der Waals surface area contributed by atoms with Crippen LogP contribution < -0.4 is 10.6 Å². The quantitative estimate of drug-likeness (QED) is 0.424. The van der Waals surface area contributed by atoms with Crippen LogP contribution in [0.3, 0.4) is 0 Å². The molecule has 2 rings (SSSR count). The van der Waals surface area contributed by atoms with Crippen molar-refractivity contribution in [2.45, 2.75) is 12.3 Å². The Bertz CT molecular complexity index is 751. The Morgan fingerprint density at radius 3 is 1.96 bits per heavy atom. The van der Waals surface area contributed by atoms with E-state index in [1.807, 2.05) is 36.4 Å². The molecule has 6 heteroatoms. The van der Waals surface area contributed by atoms with E-state index in [1.54, 1.807) is 7.05 Å². The summed E-state index contributed by atoms with van der Waals surface area (Å²) in [6.07, 6.45) is 1.81. The van der Waals surface area contributed by atoms with Crippen LogP contribution in [0.15, 0.2) is 65.7 Å². The minimum atomic E-state index is -2.93. The third-order valence-corrected chi connectivity index (χ3v) is 5.12. The number of hydrogen-bond acceptors (Lipinski definition) is 3. The van der Waals surface area contributed by atoms with Crippen molar-refractivity contribution in [3.05, 3.63) is 71.8 Å². The monoisotopic (exact) mass is 373 g/mol. The average molecular weight is 374 g/mol. The summed E-state index contributed by atoms with van der Waals surface area (Å²) in [5, 5.41) is 6.53. The molecule has 0 heterocycles. The summed E-state index contributed by atoms with van der Waals surface area (Å²) in [6, 6.07) is 20.7. The van der Waals surface area contributed by atoms with Crippen molar-refractivity contribution >= 4 is 15.8 Å². The van der Waals surface area contributed by atoms with Gasteiger partial charge in [-0.15, -0.1) is 0 Å². The first-order valence-corrected chi connectivity index (χ1v) is 10.8. The van der Waals surface area contributed by atoms with E-state index in [0.29, 0.717) is 25.5 Å². The molecule has 0 aliphatic rings. The second-order valence-electron chi connectivity index (χ2n) is 6.24. The standard InChI is InChI=1S/C20H27N3O2S/c1-21-20(22-14-9-15-26(2,24)25)23-16-19(17-10-5-3-6-11-17)18-12-7-4-8-13-18/h3-8,10-13,19H,9,14-16H2,1-2H3,(H2,21,22,23). The molecule has 5 nitrogen and oxygen atoms in total. The molecule has 0 unspecified atom stereocenters. The topological polar surface area (TPSA) is 70.6 Å². The summed E-state index contributed by atoms with van der Waals surface area (Å²) in [5.74, 6) is 1.05. The van der Waals surface area contributed by atoms with E-state index in [0.717, 1.165) is 0 Å². The zero-order valence-electron chi connectivity index (χ0n) is 15.4. The number of rotatable bonds is 8. The Labute approximate surface area is 156 Å². The van der Waals surface area contributed by atoms with Gasteiger partial charge in [0.05, 0.1) is 5.75 Å². The lowest BCUT2D eigenvalue weighted by Crippen LogP contribution is -2.40. The maximum absolute atomic E-state index is 11.2. The minimum Gasteiger partial charge on any atom is -0.356 e. The van der Waals surface area contributed by atoms with Gasteiger partial charge in [0, 0.05) is 32.3 Å². The van der Waals surface area contributed by atoms with Gasteiger partial charge in [-0.1, -0.05) is 60.7 Å². The summed E-state index contributed by atoms with van der Waals surface area (Å²) in [5.41, 5.74) is 2.47. The molecule has 2 N–H and O–H groups in total. The van der Waals surface area contributed by atoms with Crippen LogP contribution in [0.2, 0.25) is 0 Å². The van der Waals surface area contributed by atoms with Crippen molar-refractivity contribution in [2.75, 3.05) is 32.1 Å². The molecule has 0 bridgehead atoms. The molecule has 0 saturated heterocycles. The summed E-state index contributed by atoms with van der Waals surface area (Å²) in [7, 11) is -1.21. The molecule has 0 aromatic heterocycles. The molecule has 0 fully saturated rings. The summed E-state index contributed by atoms with van der Waals surface area (Å²) in [6.45, 7) is 1.26. The van der Waals surface area contributed by atoms with Crippen molar-refractivity contribution < 1.29 is 8.42 Å². The average Bonchev–Trinajstić information content (AvgIpc) is 2.64. The Morgan fingerprint density at radius 2 is 1.50 bits per heavy atom. The lowest BCUT2D eigenvalue weighted by Gasteiger charge is -2.20. The molecule has 0 radical (unpaired) electrons. The van der Waals surface area contributed by atoms with Crippen molar-refractivity contribution in [3.63, 3.8) is 0 Å². The minimum absolute atomic E-state index is 0.174. The lowest BCUT2D eigenvalue weighted by atomic mass is 9.91. The largest absolute Gasteiger partial charge is 0.356 e. The molecule has 140 valence electrons. The van der Waals surface area contributed by atoms with Gasteiger partial charge in [0.25, 0.3) is 0 Å². The predicted molar refractivity (Wildman–Crippen MR) is 108 cm³/mol. The fourth-order valence-electron chi connectivity index (χ4n) is 2.76. The number of sulfone groups is 1. The summed E-state index contributed by atoms with van der Waals surface area (Å²) in [4.78, 5) is 4.23. The molecule has 2 aromatic rings. The maximum Gasteiger partial charge on any atom is 0.191 e. The fourth-order valence-corrected chi connectivity index (χ4v) is 3.43. The van der Waals surface area contributed by atoms with E-state index in [4.69, 9.17) is 0 Å². The van der Waals surface area contributed by atoms with Gasteiger partial charge < -0.3 is 10.6 Å². The maximum atomic E-state index is 11.2. The van der Waals surface area contributed by atoms with Crippen molar-refractivity contribution in [1.29, 1.82) is 0 Å². The van der Waals surface area contributed by atoms with Crippen molar-refractivity contribution in [2.24, 2.45) is 4.99 Å². The Kier molecular flexibility index (Phi) is 7.66. The Hall–Kier alpha value is -2.34. The highest BCUT2D eigenvalue weighted by Gasteiger charge is 2.14. The SMILES string of the molecule is CN=C(NCCCS(C)(=O)=O)NCC(c1ccccc1)c1ccccc1. The number of hydrogen-bond donors (Lipinski definition) is 2. The zero-order valence-corrected chi connectivity index (χ0v) is 16.2. The van der Waals surface area contributed by atoms with Gasteiger partial charge in [0.15, 0.2) is 5.96 Å². The van der Waals surface area contributed by atoms with Crippen LogP contribution in [0.5, 0.6) is 0 Å². The van der Waals surface area contributed by atoms with E-state index in [-0.39, 0.29) is 11.7 Å². The molecule has 0 amide bonds. The molecule has 2 aromatic carbocycles. The number of aliphatic imine (C=N–C) groups is 1. The first-order valence-electron chi connectivity index (χ1n) is 8.72. The Balaban J connectivity index is 1.97. The van der Waals surface area contributed by atoms with Crippen molar-refractivity contribution in [1.82, 2.24) is 10.6 Å². The Morgan fingerprint density at radius 1 is 0.962 bits per heavy atom. The fraction of sp³-hybridized carbons (Fsp3) is 0.350. The second-order valence-corrected chi connectivity index (χ2v) is 8.50. The highest BCUT2D eigenvalue weighted by atomic mass is 32.2. The lowest BCUT2D eigenvalue weighted by molar-refractivity contribution is 0.598. The number of benzene rings is 2. The van der Waals surface area contributed by atoms with E-state index < -0.39 is 9.84 Å². The van der Waals surface area contributed by atoms with Crippen LogP contribution in [0.1, 0.15) is 23.5 Å². The smallest absolute Gasteiger partial charge is 0.191 e. The third-order valence-electron chi connectivity index (χ3n) is 4.09. The van der Waals surface area contributed by atoms with E-state index in [1.165, 1.54) is 17.4 Å². The zero-order chi connectivity index (χ0) is 18.8. The third kappa shape index (κ3) is 6.88. The number of guanidine groups is 1. The second kappa shape index (κ2) is 9.97. The first-order chi connectivity index (χ1) is 12.5. The van der Waals surface area contributed by atoms with Gasteiger partial charge in [-0.2, -0.15) is 0 Å². The molecular formula is C20H27N3O2S.